The molecule has 3 rings (SSSR count). The van der Waals surface area contributed by atoms with Crippen molar-refractivity contribution in [2.45, 2.75) is 31.2 Å². The molecule has 1 aliphatic rings. The molecule has 5 nitrogen and oxygen atoms in total. The van der Waals surface area contributed by atoms with Crippen molar-refractivity contribution < 1.29 is 49.8 Å². The molecule has 12 heteroatoms. The second-order valence-electron chi connectivity index (χ2n) is 6.14. The van der Waals surface area contributed by atoms with Crippen molar-refractivity contribution in [3.8, 4) is 11.5 Å². The number of carbonyl (C=O) groups excluding carboxylic acids is 2. The molecule has 0 atom stereocenters. The molecule has 0 saturated carbocycles. The van der Waals surface area contributed by atoms with E-state index < -0.39 is 65.6 Å². The lowest BCUT2D eigenvalue weighted by molar-refractivity contribution is -0.391. The van der Waals surface area contributed by atoms with E-state index in [2.05, 4.69) is 14.5 Å². The van der Waals surface area contributed by atoms with Gasteiger partial charge in [-0.2, -0.15) is 30.7 Å². The minimum absolute atomic E-state index is 0.289. The third kappa shape index (κ3) is 4.07. The summed E-state index contributed by atoms with van der Waals surface area (Å²) in [4.78, 5) is 27.7. The molecule has 2 heterocycles. The van der Waals surface area contributed by atoms with Crippen molar-refractivity contribution in [1.29, 1.82) is 0 Å². The van der Waals surface area contributed by atoms with Crippen LogP contribution in [0, 0.1) is 0 Å². The molecule has 160 valence electrons. The zero-order valence-electron chi connectivity index (χ0n) is 14.6. The number of rotatable bonds is 5. The SMILES string of the molecule is O=C(CCC(=O)c1ncccc1C(F)(F)F)c1ccc2c(c1)OC(F)(F)C(F)(F)O2. The van der Waals surface area contributed by atoms with Gasteiger partial charge in [0.1, 0.15) is 5.69 Å². The van der Waals surface area contributed by atoms with E-state index in [0.29, 0.717) is 12.1 Å². The number of pyridine rings is 1. The average molecular weight is 437 g/mol. The summed E-state index contributed by atoms with van der Waals surface area (Å²) in [7, 11) is 0. The number of halogens is 7. The van der Waals surface area contributed by atoms with Crippen LogP contribution in [0.5, 0.6) is 11.5 Å². The van der Waals surface area contributed by atoms with Gasteiger partial charge in [0.2, 0.25) is 0 Å². The molecule has 30 heavy (non-hydrogen) atoms. The van der Waals surface area contributed by atoms with E-state index in [-0.39, 0.29) is 5.56 Å². The van der Waals surface area contributed by atoms with Gasteiger partial charge in [0, 0.05) is 24.6 Å². The summed E-state index contributed by atoms with van der Waals surface area (Å²) < 4.78 is 99.4. The Morgan fingerprint density at radius 2 is 1.50 bits per heavy atom. The van der Waals surface area contributed by atoms with Gasteiger partial charge in [-0.15, -0.1) is 0 Å². The molecule has 0 radical (unpaired) electrons. The Kier molecular flexibility index (Phi) is 5.21. The van der Waals surface area contributed by atoms with Crippen LogP contribution >= 0.6 is 0 Å². The lowest BCUT2D eigenvalue weighted by Crippen LogP contribution is -2.52. The number of nitrogens with zero attached hydrogens (tertiary/aromatic N) is 1. The number of Topliss-reactive ketones (excluding diaryl/α,β-unsaturated/α-hetero) is 2. The molecule has 1 aromatic carbocycles. The third-order valence-electron chi connectivity index (χ3n) is 4.04. The van der Waals surface area contributed by atoms with Gasteiger partial charge in [-0.05, 0) is 30.3 Å². The summed E-state index contributed by atoms with van der Waals surface area (Å²) >= 11 is 0. The van der Waals surface area contributed by atoms with Crippen molar-refractivity contribution in [3.05, 3.63) is 53.3 Å². The highest BCUT2D eigenvalue weighted by molar-refractivity contribution is 6.02. The van der Waals surface area contributed by atoms with E-state index in [0.717, 1.165) is 24.4 Å². The summed E-state index contributed by atoms with van der Waals surface area (Å²) in [6.45, 7) is 0. The Balaban J connectivity index is 1.74. The predicted octanol–water partition coefficient (Wildman–Crippen LogP) is 4.90. The summed E-state index contributed by atoms with van der Waals surface area (Å²) in [6, 6.07) is 4.15. The smallest absolute Gasteiger partial charge is 0.421 e. The Morgan fingerprint density at radius 1 is 0.900 bits per heavy atom. The van der Waals surface area contributed by atoms with Crippen molar-refractivity contribution in [1.82, 2.24) is 4.98 Å². The largest absolute Gasteiger partial charge is 0.507 e. The molecule has 1 aliphatic heterocycles. The van der Waals surface area contributed by atoms with E-state index in [1.165, 1.54) is 0 Å². The molecule has 1 aromatic heterocycles. The number of carbonyl (C=O) groups is 2. The highest BCUT2D eigenvalue weighted by Gasteiger charge is 2.65. The Hall–Kier alpha value is -3.18. The van der Waals surface area contributed by atoms with Crippen LogP contribution in [0.4, 0.5) is 30.7 Å². The van der Waals surface area contributed by atoms with Crippen LogP contribution in [-0.4, -0.2) is 28.8 Å². The van der Waals surface area contributed by atoms with Crippen LogP contribution in [-0.2, 0) is 6.18 Å². The van der Waals surface area contributed by atoms with Crippen LogP contribution in [0.25, 0.3) is 0 Å². The number of benzene rings is 1. The lowest BCUT2D eigenvalue weighted by atomic mass is 10.0. The molecular weight excluding hydrogens is 427 g/mol. The first-order valence-corrected chi connectivity index (χ1v) is 8.18. The van der Waals surface area contributed by atoms with Gasteiger partial charge in [0.05, 0.1) is 5.56 Å². The number of hydrogen-bond donors (Lipinski definition) is 0. The van der Waals surface area contributed by atoms with Crippen molar-refractivity contribution in [2.24, 2.45) is 0 Å². The number of aromatic nitrogens is 1. The maximum absolute atomic E-state index is 13.2. The fraction of sp³-hybridized carbons (Fsp3) is 0.278. The molecular formula is C18H10F7NO4. The number of alkyl halides is 7. The molecule has 0 N–H and O–H groups in total. The number of ketones is 2. The molecule has 0 amide bonds. The van der Waals surface area contributed by atoms with E-state index in [1.807, 2.05) is 0 Å². The average Bonchev–Trinajstić information content (AvgIpc) is 2.65. The summed E-state index contributed by atoms with van der Waals surface area (Å²) in [5.41, 5.74) is -2.41. The molecule has 0 bridgehead atoms. The van der Waals surface area contributed by atoms with Gasteiger partial charge in [-0.3, -0.25) is 14.6 Å². The van der Waals surface area contributed by atoms with Gasteiger partial charge in [-0.25, -0.2) is 0 Å². The highest BCUT2D eigenvalue weighted by Crippen LogP contribution is 2.47. The topological polar surface area (TPSA) is 65.5 Å². The van der Waals surface area contributed by atoms with Crippen LogP contribution in [0.15, 0.2) is 36.5 Å². The highest BCUT2D eigenvalue weighted by atomic mass is 19.4. The van der Waals surface area contributed by atoms with Crippen LogP contribution in [0.1, 0.15) is 39.3 Å². The number of fused-ring (bicyclic) bond motifs is 1. The molecule has 0 aliphatic carbocycles. The number of ether oxygens (including phenoxy) is 2. The van der Waals surface area contributed by atoms with Crippen LogP contribution in [0.3, 0.4) is 0 Å². The van der Waals surface area contributed by atoms with Crippen molar-refractivity contribution in [2.75, 3.05) is 0 Å². The van der Waals surface area contributed by atoms with Crippen molar-refractivity contribution in [3.63, 3.8) is 0 Å². The monoisotopic (exact) mass is 437 g/mol. The van der Waals surface area contributed by atoms with Gasteiger partial charge < -0.3 is 9.47 Å². The second-order valence-corrected chi connectivity index (χ2v) is 6.14. The lowest BCUT2D eigenvalue weighted by Gasteiger charge is -2.31. The minimum atomic E-state index is -4.98. The molecule has 0 saturated heterocycles. The van der Waals surface area contributed by atoms with E-state index >= 15 is 0 Å². The van der Waals surface area contributed by atoms with E-state index in [9.17, 15) is 40.3 Å². The Bertz CT molecular complexity index is 1000. The maximum atomic E-state index is 13.2. The fourth-order valence-electron chi connectivity index (χ4n) is 2.59. The molecule has 0 spiro atoms. The predicted molar refractivity (Wildman–Crippen MR) is 84.7 cm³/mol. The van der Waals surface area contributed by atoms with Gasteiger partial charge in [0.25, 0.3) is 0 Å². The molecule has 0 unspecified atom stereocenters. The van der Waals surface area contributed by atoms with Crippen LogP contribution in [0.2, 0.25) is 0 Å². The van der Waals surface area contributed by atoms with Gasteiger partial charge >= 0.3 is 18.4 Å². The standard InChI is InChI=1S/C18H10F7NO4/c19-16(20,21)10-2-1-7-26-15(10)12(28)5-4-11(27)9-3-6-13-14(8-9)30-18(24,25)17(22,23)29-13/h1-3,6-8H,4-5H2. The minimum Gasteiger partial charge on any atom is -0.421 e. The summed E-state index contributed by atoms with van der Waals surface area (Å²) in [6.07, 6.45) is -15.0. The van der Waals surface area contributed by atoms with Gasteiger partial charge in [-0.1, -0.05) is 0 Å². The number of hydrogen-bond acceptors (Lipinski definition) is 5. The first-order valence-electron chi connectivity index (χ1n) is 8.18. The van der Waals surface area contributed by atoms with E-state index in [4.69, 9.17) is 0 Å². The normalized spacial score (nSPS) is 16.8. The third-order valence-corrected chi connectivity index (χ3v) is 4.04. The zero-order valence-corrected chi connectivity index (χ0v) is 14.6. The van der Waals surface area contributed by atoms with Crippen molar-refractivity contribution >= 4 is 11.6 Å². The summed E-state index contributed by atoms with van der Waals surface area (Å²) in [5, 5.41) is 0. The van der Waals surface area contributed by atoms with Crippen LogP contribution < -0.4 is 9.47 Å². The quantitative estimate of drug-likeness (QED) is 0.492. The first kappa shape index (κ1) is 21.5. The Labute approximate surface area is 163 Å². The van der Waals surface area contributed by atoms with E-state index in [1.54, 1.807) is 0 Å². The fourth-order valence-corrected chi connectivity index (χ4v) is 2.59. The summed E-state index contributed by atoms with van der Waals surface area (Å²) in [5.74, 6) is -3.44. The maximum Gasteiger partial charge on any atom is 0.507 e. The second kappa shape index (κ2) is 7.26. The Morgan fingerprint density at radius 3 is 2.13 bits per heavy atom. The molecule has 2 aromatic rings. The first-order chi connectivity index (χ1) is 13.8. The molecule has 0 fully saturated rings. The van der Waals surface area contributed by atoms with Gasteiger partial charge in [0.15, 0.2) is 23.1 Å². The zero-order chi connectivity index (χ0) is 22.3.